The van der Waals surface area contributed by atoms with Gasteiger partial charge in [0.05, 0.1) is 12.4 Å². The van der Waals surface area contributed by atoms with E-state index in [0.717, 1.165) is 12.1 Å². The van der Waals surface area contributed by atoms with Crippen molar-refractivity contribution in [2.24, 2.45) is 0 Å². The fourth-order valence-corrected chi connectivity index (χ4v) is 1.51. The highest BCUT2D eigenvalue weighted by molar-refractivity contribution is 7.59. The molecule has 0 bridgehead atoms. The third kappa shape index (κ3) is 2.21. The van der Waals surface area contributed by atoms with Crippen LogP contribution in [0.2, 0.25) is 0 Å². The average Bonchev–Trinajstić information content (AvgIpc) is 2.03. The highest BCUT2D eigenvalue weighted by Gasteiger charge is 2.13. The molecule has 5 nitrogen and oxygen atoms in total. The zero-order chi connectivity index (χ0) is 10.1. The third-order valence-corrected chi connectivity index (χ3v) is 2.45. The molecule has 13 heavy (non-hydrogen) atoms. The lowest BCUT2D eigenvalue weighted by molar-refractivity contribution is -0.188. The maximum absolute atomic E-state index is 10.7. The van der Waals surface area contributed by atoms with Crippen molar-refractivity contribution in [1.82, 2.24) is 0 Å². The quantitative estimate of drug-likeness (QED) is 0.636. The van der Waals surface area contributed by atoms with E-state index in [0.29, 0.717) is 0 Å². The Morgan fingerprint density at radius 3 is 2.62 bits per heavy atom. The first-order valence-electron chi connectivity index (χ1n) is 3.36. The monoisotopic (exact) mass is 203 g/mol. The fraction of sp³-hybridized carbons (Fsp3) is 0.143. The van der Waals surface area contributed by atoms with Crippen molar-refractivity contribution in [2.75, 3.05) is 7.11 Å². The van der Waals surface area contributed by atoms with Gasteiger partial charge in [0, 0.05) is 0 Å². The second kappa shape index (κ2) is 3.38. The van der Waals surface area contributed by atoms with Crippen LogP contribution in [-0.4, -0.2) is 17.1 Å². The van der Waals surface area contributed by atoms with Crippen molar-refractivity contribution in [2.45, 2.75) is 0 Å². The summed E-state index contributed by atoms with van der Waals surface area (Å²) in [4.78, 5) is 19.4. The molecule has 0 aliphatic rings. The van der Waals surface area contributed by atoms with Gasteiger partial charge in [0.25, 0.3) is 0 Å². The Morgan fingerprint density at radius 1 is 1.54 bits per heavy atom. The molecule has 0 fully saturated rings. The molecule has 2 N–H and O–H groups in total. The summed E-state index contributed by atoms with van der Waals surface area (Å²) in [5.41, 5.74) is 0. The van der Waals surface area contributed by atoms with E-state index in [1.54, 1.807) is 0 Å². The Kier molecular flexibility index (Phi) is 2.61. The maximum atomic E-state index is 10.7. The lowest BCUT2D eigenvalue weighted by atomic mass is 10.3. The molecule has 1 aromatic rings. The van der Waals surface area contributed by atoms with Gasteiger partial charge in [-0.1, -0.05) is 0 Å². The smallest absolute Gasteiger partial charge is 0.166 e. The molecule has 1 aromatic carbocycles. The van der Waals surface area contributed by atoms with Crippen molar-refractivity contribution in [3.05, 3.63) is 18.2 Å². The number of phenolic OH excluding ortho intramolecular Hbond substituents is 1. The molecule has 1 atom stereocenters. The van der Waals surface area contributed by atoms with Crippen LogP contribution in [0.25, 0.3) is 0 Å². The number of benzene rings is 1. The Bertz CT molecular complexity index is 356. The highest BCUT2D eigenvalue weighted by Crippen LogP contribution is 2.33. The number of rotatable bonds is 2. The van der Waals surface area contributed by atoms with Gasteiger partial charge in [-0.25, -0.2) is 0 Å². The van der Waals surface area contributed by atoms with Crippen LogP contribution >= 0.6 is 7.60 Å². The SMILES string of the molecule is COc1ccc(O)c(P(=O)([O-])O)c1. The van der Waals surface area contributed by atoms with Crippen LogP contribution in [0.4, 0.5) is 0 Å². The molecule has 0 amide bonds. The lowest BCUT2D eigenvalue weighted by Crippen LogP contribution is -2.14. The van der Waals surface area contributed by atoms with E-state index in [1.165, 1.54) is 13.2 Å². The van der Waals surface area contributed by atoms with E-state index in [1.807, 2.05) is 0 Å². The number of ether oxygens (including phenoxy) is 1. The van der Waals surface area contributed by atoms with Gasteiger partial charge in [0.2, 0.25) is 0 Å². The van der Waals surface area contributed by atoms with Gasteiger partial charge in [-0.15, -0.1) is 0 Å². The minimum atomic E-state index is -4.68. The third-order valence-electron chi connectivity index (χ3n) is 1.49. The summed E-state index contributed by atoms with van der Waals surface area (Å²) >= 11 is 0. The molecule has 0 saturated heterocycles. The molecule has 0 aromatic heterocycles. The summed E-state index contributed by atoms with van der Waals surface area (Å²) < 4.78 is 15.4. The molecule has 0 spiro atoms. The van der Waals surface area contributed by atoms with Crippen LogP contribution in [0, 0.1) is 0 Å². The van der Waals surface area contributed by atoms with Crippen molar-refractivity contribution in [1.29, 1.82) is 0 Å². The lowest BCUT2D eigenvalue weighted by Gasteiger charge is -2.17. The first-order chi connectivity index (χ1) is 5.95. The standard InChI is InChI=1S/C7H9O5P/c1-12-5-2-3-6(8)7(4-5)13(9,10)11/h2-4,8H,1H3,(H2,9,10,11)/p-1. The molecule has 0 saturated carbocycles. The zero-order valence-electron chi connectivity index (χ0n) is 6.80. The van der Waals surface area contributed by atoms with E-state index in [9.17, 15) is 9.46 Å². The van der Waals surface area contributed by atoms with Crippen molar-refractivity contribution in [3.63, 3.8) is 0 Å². The molecule has 6 heteroatoms. The van der Waals surface area contributed by atoms with E-state index < -0.39 is 18.6 Å². The fourth-order valence-electron chi connectivity index (χ4n) is 0.857. The van der Waals surface area contributed by atoms with Crippen LogP contribution in [0.1, 0.15) is 0 Å². The van der Waals surface area contributed by atoms with E-state index in [2.05, 4.69) is 0 Å². The minimum absolute atomic E-state index is 0.248. The Hall–Kier alpha value is -1.03. The summed E-state index contributed by atoms with van der Waals surface area (Å²) in [6.07, 6.45) is 0. The molecule has 0 radical (unpaired) electrons. The van der Waals surface area contributed by atoms with Gasteiger partial charge in [-0.05, 0) is 18.2 Å². The predicted octanol–water partition coefficient (Wildman–Crippen LogP) is -0.428. The van der Waals surface area contributed by atoms with Crippen molar-refractivity contribution >= 4 is 12.9 Å². The van der Waals surface area contributed by atoms with Crippen molar-refractivity contribution in [3.8, 4) is 11.5 Å². The predicted molar refractivity (Wildman–Crippen MR) is 44.1 cm³/mol. The van der Waals surface area contributed by atoms with E-state index in [4.69, 9.17) is 14.7 Å². The average molecular weight is 203 g/mol. The Morgan fingerprint density at radius 2 is 2.15 bits per heavy atom. The number of hydrogen-bond acceptors (Lipinski definition) is 4. The van der Waals surface area contributed by atoms with Crippen LogP contribution in [-0.2, 0) is 4.57 Å². The van der Waals surface area contributed by atoms with Gasteiger partial charge in [-0.3, -0.25) is 0 Å². The van der Waals surface area contributed by atoms with Crippen LogP contribution in [0.15, 0.2) is 18.2 Å². The number of phenols is 1. The Balaban J connectivity index is 3.27. The summed E-state index contributed by atoms with van der Waals surface area (Å²) in [6.45, 7) is 0. The summed E-state index contributed by atoms with van der Waals surface area (Å²) in [5.74, 6) is -0.250. The van der Waals surface area contributed by atoms with E-state index in [-0.39, 0.29) is 5.75 Å². The molecule has 0 heterocycles. The van der Waals surface area contributed by atoms with E-state index >= 15 is 0 Å². The molecule has 0 aliphatic heterocycles. The Labute approximate surface area is 74.8 Å². The molecule has 1 rings (SSSR count). The van der Waals surface area contributed by atoms with Gasteiger partial charge < -0.3 is 24.2 Å². The summed E-state index contributed by atoms with van der Waals surface area (Å²) in [5, 5.41) is 8.54. The van der Waals surface area contributed by atoms with Gasteiger partial charge in [0.15, 0.2) is 7.60 Å². The maximum Gasteiger partial charge on any atom is 0.166 e. The zero-order valence-corrected chi connectivity index (χ0v) is 7.69. The topological polar surface area (TPSA) is 89.8 Å². The van der Waals surface area contributed by atoms with Crippen LogP contribution in [0.5, 0.6) is 11.5 Å². The molecular formula is C7H8O5P-. The van der Waals surface area contributed by atoms with Gasteiger partial charge >= 0.3 is 0 Å². The number of aromatic hydroxyl groups is 1. The first-order valence-corrected chi connectivity index (χ1v) is 4.94. The second-order valence-corrected chi connectivity index (χ2v) is 3.90. The molecule has 1 unspecified atom stereocenters. The van der Waals surface area contributed by atoms with Gasteiger partial charge in [-0.2, -0.15) is 0 Å². The number of methoxy groups -OCH3 is 1. The second-order valence-electron chi connectivity index (χ2n) is 2.38. The van der Waals surface area contributed by atoms with Crippen molar-refractivity contribution < 1.29 is 24.2 Å². The van der Waals surface area contributed by atoms with Crippen LogP contribution in [0.3, 0.4) is 0 Å². The first kappa shape index (κ1) is 10.1. The molecule has 0 aliphatic carbocycles. The highest BCUT2D eigenvalue weighted by atomic mass is 31.2. The minimum Gasteiger partial charge on any atom is -0.775 e. The van der Waals surface area contributed by atoms with Gasteiger partial charge in [0.1, 0.15) is 11.5 Å². The largest absolute Gasteiger partial charge is 0.775 e. The summed E-state index contributed by atoms with van der Waals surface area (Å²) in [6, 6.07) is 3.56. The summed E-state index contributed by atoms with van der Waals surface area (Å²) in [7, 11) is -3.33. The van der Waals surface area contributed by atoms with Crippen LogP contribution < -0.4 is 14.9 Å². The molecular weight excluding hydrogens is 195 g/mol. The molecule has 72 valence electrons. The number of hydrogen-bond donors (Lipinski definition) is 2. The normalized spacial score (nSPS) is 15.0.